The maximum atomic E-state index is 14.7. The van der Waals surface area contributed by atoms with Crippen LogP contribution in [0.15, 0.2) is 133 Å². The van der Waals surface area contributed by atoms with E-state index in [1.165, 1.54) is 62.9 Å². The molecule has 131 heavy (non-hydrogen) atoms. The number of morpholine rings is 6. The Labute approximate surface area is 765 Å². The Kier molecular flexibility index (Phi) is 35.9. The Morgan fingerprint density at radius 1 is 0.420 bits per heavy atom. The number of halogens is 8. The lowest BCUT2D eigenvalue weighted by atomic mass is 10.1. The number of amides is 6. The smallest absolute Gasteiger partial charge is 0.414 e. The number of anilines is 12. The van der Waals surface area contributed by atoms with Crippen molar-refractivity contribution in [1.82, 2.24) is 4.90 Å². The molecule has 0 aliphatic carbocycles. The van der Waals surface area contributed by atoms with Crippen LogP contribution < -0.4 is 65.8 Å². The lowest BCUT2D eigenvalue weighted by Gasteiger charge is -2.29. The zero-order valence-corrected chi connectivity index (χ0v) is 73.3. The van der Waals surface area contributed by atoms with E-state index in [0.29, 0.717) is 263 Å². The summed E-state index contributed by atoms with van der Waals surface area (Å²) in [5.41, 5.74) is 17.8. The molecular formula is C91H110Cl2F6N14O18. The Hall–Kier alpha value is -11.3. The molecule has 7 aromatic carbocycles. The minimum Gasteiger partial charge on any atom is -0.444 e. The average Bonchev–Trinajstić information content (AvgIpc) is 1.54. The third-order valence-corrected chi connectivity index (χ3v) is 23.4. The van der Waals surface area contributed by atoms with Gasteiger partial charge in [0.25, 0.3) is 11.8 Å². The number of aliphatic hydroxyl groups excluding tert-OH is 1. The van der Waals surface area contributed by atoms with Crippen LogP contribution in [0, 0.1) is 34.9 Å². The number of rotatable bonds is 21. The summed E-state index contributed by atoms with van der Waals surface area (Å²) < 4.78 is 138. The zero-order chi connectivity index (χ0) is 91.9. The normalized spacial score (nSPS) is 20.4. The van der Waals surface area contributed by atoms with E-state index >= 15 is 0 Å². The number of fused-ring (bicyclic) bond motifs is 1. The van der Waals surface area contributed by atoms with Gasteiger partial charge >= 0.3 is 24.4 Å². The third-order valence-electron chi connectivity index (χ3n) is 22.7. The van der Waals surface area contributed by atoms with Crippen molar-refractivity contribution in [2.45, 2.75) is 57.7 Å². The van der Waals surface area contributed by atoms with E-state index in [1.807, 2.05) is 29.4 Å². The van der Waals surface area contributed by atoms with Crippen LogP contribution in [0.4, 0.5) is 114 Å². The first-order valence-electron chi connectivity index (χ1n) is 43.0. The quantitative estimate of drug-likeness (QED) is 0.0171. The van der Waals surface area contributed by atoms with Gasteiger partial charge in [0.1, 0.15) is 65.1 Å². The summed E-state index contributed by atoms with van der Waals surface area (Å²) in [6.07, 6.45) is -3.59. The molecule has 0 radical (unpaired) electrons. The number of nitrogen functional groups attached to an aromatic ring is 1. The van der Waals surface area contributed by atoms with Gasteiger partial charge in [0.05, 0.1) is 198 Å². The maximum Gasteiger partial charge on any atom is 0.414 e. The van der Waals surface area contributed by atoms with Crippen molar-refractivity contribution in [3.63, 3.8) is 0 Å². The molecule has 10 saturated heterocycles. The molecule has 0 bridgehead atoms. The molecule has 6 N–H and O–H groups in total. The Bertz CT molecular complexity index is 4920. The molecule has 5 atom stereocenters. The molecule has 10 fully saturated rings. The Balaban J connectivity index is 0.000000144. The number of nitrogens with two attached hydrogens (primary N) is 2. The largest absolute Gasteiger partial charge is 0.444 e. The van der Waals surface area contributed by atoms with Crippen LogP contribution in [-0.4, -0.2) is 298 Å². The SMILES string of the molecule is C.CC(=O)CC[C@H]1CN(c2ccc(N3CCOCC3)c(F)c2)C(=O)O1.NC[C@H]1CN(c2ccc(N3CCOCC3)c(F)c2)C(=O)O1.Nc1ccc(N2CCOCC2)c(F)c1.O=C1O[C@@H](CCl)CN1c1ccc(N2CCOCC2)c(F)c1.O=C1c2ccccc2C(=O)N1C[C@H]1CN(c2ccc(N3CCOCC3)c(F)c2)C(=O)O1.O[C@@H](CCl)CNc1ccc(N2CCOCC2)c(F)c1. The first-order valence-corrected chi connectivity index (χ1v) is 44.1. The average molecular weight is 1870 g/mol. The number of cyclic esters (lactones) is 4. The van der Waals surface area contributed by atoms with Crippen molar-refractivity contribution < 1.29 is 112 Å². The molecule has 0 spiro atoms. The standard InChI is InChI=1S/C22H20FN3O5.C17H21FN2O4.C14H16ClFN2O3.C14H18FN3O3.C13H18ClFN2O2.C10H13FN2O.CH4/c23-18-11-14(5-6-19(18)24-7-9-30-10-8-24)25-12-15(31-22(25)29)13-26-20(27)16-3-1-2-4-17(16)21(26)28;1-12(21)2-4-14-11-20(17(22)24-14)13-3-5-16(15(18)10-13)19-6-8-23-9-7-19;15-8-11-9-18(14(19)21-11)10-1-2-13(12(16)7-10)17-3-5-20-6-4-17;15-12-7-10(18-9-11(8-16)21-14(18)19)1-2-13(12)17-3-5-20-6-4-17;14-8-11(18)9-16-10-1-2-13(12(15)7-10)17-3-5-19-6-4-17;11-9-7-8(12)1-2-10(9)13-3-5-14-6-4-13;/h1-6,11,15H,7-10,12-13H2;3,5,10,14H,2,4,6-9,11H2,1H3;1-2,7,11H,3-6,8-9H2;1-2,7,11H,3-6,8-9,16H2;1-2,7,11,16,18H,3-6,8-9H2;1-2,7H,3-6,12H2;1H4/t15-;14-;3*11-;;/m10000../s1. The summed E-state index contributed by atoms with van der Waals surface area (Å²) in [6, 6.07) is 35.3. The fraction of sp³-hybridized carbons (Fsp3) is 0.462. The number of Topliss-reactive ketones (excluding diaryl/α,β-unsaturated/α-hetero) is 1. The molecule has 7 aromatic rings. The number of aliphatic hydroxyl groups is 1. The minimum atomic E-state index is -0.698. The van der Waals surface area contributed by atoms with E-state index in [2.05, 4.69) is 5.32 Å². The molecule has 0 aromatic heterocycles. The summed E-state index contributed by atoms with van der Waals surface area (Å²) in [5, 5.41) is 12.3. The van der Waals surface area contributed by atoms with Crippen LogP contribution in [0.3, 0.4) is 0 Å². The Morgan fingerprint density at radius 3 is 1.02 bits per heavy atom. The summed E-state index contributed by atoms with van der Waals surface area (Å²) >= 11 is 11.2. The van der Waals surface area contributed by atoms with Crippen LogP contribution in [0.1, 0.15) is 47.9 Å². The van der Waals surface area contributed by atoms with Crippen molar-refractivity contribution in [2.24, 2.45) is 5.73 Å². The van der Waals surface area contributed by atoms with Gasteiger partial charge in [0.2, 0.25) is 0 Å². The van der Waals surface area contributed by atoms with Crippen molar-refractivity contribution in [2.75, 3.05) is 275 Å². The number of alkyl halides is 2. The molecule has 40 heteroatoms. The second-order valence-electron chi connectivity index (χ2n) is 31.6. The van der Waals surface area contributed by atoms with Gasteiger partial charge in [-0.15, -0.1) is 23.2 Å². The van der Waals surface area contributed by atoms with Gasteiger partial charge in [-0.3, -0.25) is 34.1 Å². The fourth-order valence-corrected chi connectivity index (χ4v) is 16.1. The van der Waals surface area contributed by atoms with Gasteiger partial charge in [0, 0.05) is 109 Å². The predicted molar refractivity (Wildman–Crippen MR) is 485 cm³/mol. The lowest BCUT2D eigenvalue weighted by Crippen LogP contribution is -2.38. The number of ketones is 1. The number of hydrogen-bond donors (Lipinski definition) is 4. The second-order valence-corrected chi connectivity index (χ2v) is 32.2. The van der Waals surface area contributed by atoms with Crippen molar-refractivity contribution >= 4 is 133 Å². The van der Waals surface area contributed by atoms with Crippen LogP contribution in [0.5, 0.6) is 0 Å². The topological polar surface area (TPSA) is 332 Å². The zero-order valence-electron chi connectivity index (χ0n) is 71.8. The molecule has 18 rings (SSSR count). The maximum absolute atomic E-state index is 14.7. The molecular weight excluding hydrogens is 1760 g/mol. The highest BCUT2D eigenvalue weighted by atomic mass is 35.5. The number of nitrogens with zero attached hydrogens (tertiary/aromatic N) is 11. The highest BCUT2D eigenvalue weighted by Gasteiger charge is 2.42. The highest BCUT2D eigenvalue weighted by Crippen LogP contribution is 2.36. The molecule has 11 heterocycles. The highest BCUT2D eigenvalue weighted by molar-refractivity contribution is 6.21. The van der Waals surface area contributed by atoms with Gasteiger partial charge < -0.3 is 103 Å². The van der Waals surface area contributed by atoms with E-state index in [0.717, 1.165) is 18.0 Å². The van der Waals surface area contributed by atoms with E-state index in [4.69, 9.17) is 82.0 Å². The van der Waals surface area contributed by atoms with Crippen molar-refractivity contribution in [3.8, 4) is 0 Å². The van der Waals surface area contributed by atoms with Crippen molar-refractivity contribution in [3.05, 3.63) is 179 Å². The van der Waals surface area contributed by atoms with Crippen LogP contribution in [0.25, 0.3) is 0 Å². The van der Waals surface area contributed by atoms with Crippen LogP contribution in [-0.2, 0) is 52.2 Å². The first-order chi connectivity index (χ1) is 62.9. The first kappa shape index (κ1) is 98.7. The van der Waals surface area contributed by atoms with Crippen LogP contribution >= 0.6 is 23.2 Å². The van der Waals surface area contributed by atoms with E-state index in [9.17, 15) is 65.0 Å². The summed E-state index contributed by atoms with van der Waals surface area (Å²) in [7, 11) is 0. The van der Waals surface area contributed by atoms with Crippen molar-refractivity contribution in [1.29, 1.82) is 0 Å². The summed E-state index contributed by atoms with van der Waals surface area (Å²) in [5.74, 6) is -2.39. The number of hydrogen-bond acceptors (Lipinski definition) is 27. The predicted octanol–water partition coefficient (Wildman–Crippen LogP) is 11.4. The summed E-state index contributed by atoms with van der Waals surface area (Å²) in [4.78, 5) is 102. The number of carbonyl (C=O) groups excluding carboxylic acids is 7. The monoisotopic (exact) mass is 1870 g/mol. The minimum absolute atomic E-state index is 0. The number of imide groups is 1. The van der Waals surface area contributed by atoms with Gasteiger partial charge in [0.15, 0.2) is 0 Å². The van der Waals surface area contributed by atoms with Gasteiger partial charge in [-0.2, -0.15) is 0 Å². The molecule has 11 aliphatic rings. The number of benzene rings is 7. The molecule has 6 amide bonds. The third kappa shape index (κ3) is 25.9. The second kappa shape index (κ2) is 47.7. The molecule has 32 nitrogen and oxygen atoms in total. The molecule has 11 aliphatic heterocycles. The van der Waals surface area contributed by atoms with Crippen LogP contribution in [0.2, 0.25) is 0 Å². The van der Waals surface area contributed by atoms with Gasteiger partial charge in [-0.25, -0.2) is 45.5 Å². The number of nitrogens with one attached hydrogen (secondary N) is 1. The van der Waals surface area contributed by atoms with E-state index in [-0.39, 0.29) is 92.0 Å². The number of carbonyl (C=O) groups is 7. The number of ether oxygens (including phenoxy) is 10. The van der Waals surface area contributed by atoms with E-state index in [1.54, 1.807) is 97.1 Å². The molecule has 0 unspecified atom stereocenters. The fourth-order valence-electron chi connectivity index (χ4n) is 15.8. The van der Waals surface area contributed by atoms with E-state index < -0.39 is 54.2 Å². The summed E-state index contributed by atoms with van der Waals surface area (Å²) in [6.45, 7) is 18.4. The van der Waals surface area contributed by atoms with Gasteiger partial charge in [-0.1, -0.05) is 19.6 Å². The molecule has 708 valence electrons. The lowest BCUT2D eigenvalue weighted by molar-refractivity contribution is -0.117. The molecule has 0 saturated carbocycles. The Morgan fingerprint density at radius 2 is 0.718 bits per heavy atom. The van der Waals surface area contributed by atoms with Gasteiger partial charge in [-0.05, 0) is 135 Å².